The van der Waals surface area contributed by atoms with E-state index in [0.717, 1.165) is 20.8 Å². The van der Waals surface area contributed by atoms with E-state index in [0.29, 0.717) is 15.6 Å². The van der Waals surface area contributed by atoms with Crippen molar-refractivity contribution in [3.8, 4) is 10.6 Å². The van der Waals surface area contributed by atoms with Crippen LogP contribution in [0.2, 0.25) is 10.0 Å². The van der Waals surface area contributed by atoms with Gasteiger partial charge >= 0.3 is 0 Å². The lowest BCUT2D eigenvalue weighted by Gasteiger charge is -1.99. The average Bonchev–Trinajstić information content (AvgIpc) is 2.88. The molecular formula is C14H9Cl2N3OS. The van der Waals surface area contributed by atoms with Crippen molar-refractivity contribution < 1.29 is 4.79 Å². The number of halogens is 2. The number of nitrogens with zero attached hydrogens (tertiary/aromatic N) is 1. The number of carbonyl (C=O) groups excluding carboxylic acids is 1. The molecule has 0 saturated carbocycles. The first kappa shape index (κ1) is 14.3. The van der Waals surface area contributed by atoms with Gasteiger partial charge in [-0.3, -0.25) is 10.2 Å². The van der Waals surface area contributed by atoms with Crippen molar-refractivity contribution in [3.05, 3.63) is 52.0 Å². The van der Waals surface area contributed by atoms with Crippen LogP contribution in [0.15, 0.2) is 36.4 Å². The summed E-state index contributed by atoms with van der Waals surface area (Å²) in [5, 5.41) is 1.89. The van der Waals surface area contributed by atoms with Gasteiger partial charge < -0.3 is 0 Å². The Kier molecular flexibility index (Phi) is 3.82. The van der Waals surface area contributed by atoms with E-state index in [1.54, 1.807) is 30.3 Å². The van der Waals surface area contributed by atoms with Crippen molar-refractivity contribution in [3.63, 3.8) is 0 Å². The summed E-state index contributed by atoms with van der Waals surface area (Å²) in [6.07, 6.45) is 0. The van der Waals surface area contributed by atoms with Gasteiger partial charge in [0.2, 0.25) is 0 Å². The van der Waals surface area contributed by atoms with E-state index < -0.39 is 0 Å². The number of nitrogens with one attached hydrogen (secondary N) is 1. The Hall–Kier alpha value is -1.66. The molecule has 7 heteroatoms. The lowest BCUT2D eigenvalue weighted by atomic mass is 10.2. The van der Waals surface area contributed by atoms with E-state index in [2.05, 4.69) is 10.4 Å². The number of rotatable bonds is 2. The molecule has 3 aromatic rings. The molecule has 0 aliphatic rings. The third-order valence-electron chi connectivity index (χ3n) is 2.94. The van der Waals surface area contributed by atoms with Gasteiger partial charge in [0.25, 0.3) is 5.91 Å². The standard InChI is InChI=1S/C14H9Cl2N3OS/c15-8-2-3-9(10(16)6-8)14-18-11-4-1-7(13(20)19-17)5-12(11)21-14/h1-6H,17H2,(H,19,20). The van der Waals surface area contributed by atoms with E-state index in [4.69, 9.17) is 29.0 Å². The molecule has 1 aromatic heterocycles. The predicted octanol–water partition coefficient (Wildman–Crippen LogP) is 3.87. The number of thiazole rings is 1. The summed E-state index contributed by atoms with van der Waals surface area (Å²) < 4.78 is 0.886. The third kappa shape index (κ3) is 2.73. The molecule has 1 heterocycles. The zero-order valence-corrected chi connectivity index (χ0v) is 12.9. The fourth-order valence-electron chi connectivity index (χ4n) is 1.93. The molecule has 21 heavy (non-hydrogen) atoms. The summed E-state index contributed by atoms with van der Waals surface area (Å²) >= 11 is 13.5. The summed E-state index contributed by atoms with van der Waals surface area (Å²) in [4.78, 5) is 16.1. The Labute approximate surface area is 134 Å². The molecule has 0 unspecified atom stereocenters. The van der Waals surface area contributed by atoms with Gasteiger partial charge in [-0.1, -0.05) is 23.2 Å². The monoisotopic (exact) mass is 337 g/mol. The number of nitrogen functional groups attached to an aromatic ring is 1. The molecule has 0 radical (unpaired) electrons. The zero-order valence-electron chi connectivity index (χ0n) is 10.6. The van der Waals surface area contributed by atoms with Crippen molar-refractivity contribution in [2.24, 2.45) is 5.84 Å². The summed E-state index contributed by atoms with van der Waals surface area (Å²) in [6, 6.07) is 10.5. The molecule has 0 aliphatic carbocycles. The SMILES string of the molecule is NNC(=O)c1ccc2nc(-c3ccc(Cl)cc3Cl)sc2c1. The number of fused-ring (bicyclic) bond motifs is 1. The largest absolute Gasteiger partial charge is 0.290 e. The Morgan fingerprint density at radius 3 is 2.71 bits per heavy atom. The van der Waals surface area contributed by atoms with Crippen LogP contribution in [0.4, 0.5) is 0 Å². The fraction of sp³-hybridized carbons (Fsp3) is 0. The normalized spacial score (nSPS) is 10.8. The molecule has 0 fully saturated rings. The van der Waals surface area contributed by atoms with Crippen molar-refractivity contribution in [1.29, 1.82) is 0 Å². The van der Waals surface area contributed by atoms with Crippen LogP contribution in [0.5, 0.6) is 0 Å². The molecule has 106 valence electrons. The number of hydrogen-bond acceptors (Lipinski definition) is 4. The second kappa shape index (κ2) is 5.61. The minimum atomic E-state index is -0.337. The molecule has 4 nitrogen and oxygen atoms in total. The van der Waals surface area contributed by atoms with Gasteiger partial charge in [-0.2, -0.15) is 0 Å². The Morgan fingerprint density at radius 1 is 1.19 bits per heavy atom. The smallest absolute Gasteiger partial charge is 0.265 e. The van der Waals surface area contributed by atoms with E-state index >= 15 is 0 Å². The van der Waals surface area contributed by atoms with Crippen LogP contribution in [0, 0.1) is 0 Å². The number of hydrogen-bond donors (Lipinski definition) is 2. The number of hydrazine groups is 1. The van der Waals surface area contributed by atoms with Crippen LogP contribution in [-0.4, -0.2) is 10.9 Å². The van der Waals surface area contributed by atoms with Crippen LogP contribution < -0.4 is 11.3 Å². The van der Waals surface area contributed by atoms with Crippen LogP contribution in [0.3, 0.4) is 0 Å². The van der Waals surface area contributed by atoms with E-state index in [1.807, 2.05) is 6.07 Å². The van der Waals surface area contributed by atoms with Crippen molar-refractivity contribution in [2.75, 3.05) is 0 Å². The molecule has 0 bridgehead atoms. The maximum atomic E-state index is 11.5. The Morgan fingerprint density at radius 2 is 2.00 bits per heavy atom. The first-order valence-corrected chi connectivity index (χ1v) is 7.52. The molecule has 3 N–H and O–H groups in total. The topological polar surface area (TPSA) is 68.0 Å². The van der Waals surface area contributed by atoms with Gasteiger partial charge in [0.15, 0.2) is 0 Å². The number of carbonyl (C=O) groups is 1. The highest BCUT2D eigenvalue weighted by Crippen LogP contribution is 2.35. The Bertz CT molecular complexity index is 847. The highest BCUT2D eigenvalue weighted by atomic mass is 35.5. The van der Waals surface area contributed by atoms with E-state index in [9.17, 15) is 4.79 Å². The fourth-order valence-corrected chi connectivity index (χ4v) is 3.53. The van der Waals surface area contributed by atoms with Crippen LogP contribution in [0.1, 0.15) is 10.4 Å². The number of aromatic nitrogens is 1. The summed E-state index contributed by atoms with van der Waals surface area (Å²) in [5.74, 6) is 4.80. The minimum absolute atomic E-state index is 0.337. The predicted molar refractivity (Wildman–Crippen MR) is 86.7 cm³/mol. The molecule has 0 spiro atoms. The minimum Gasteiger partial charge on any atom is -0.290 e. The second-order valence-corrected chi connectivity index (χ2v) is 6.17. The average molecular weight is 338 g/mol. The number of nitrogens with two attached hydrogens (primary N) is 1. The van der Waals surface area contributed by atoms with Crippen molar-refractivity contribution in [1.82, 2.24) is 10.4 Å². The summed E-state index contributed by atoms with van der Waals surface area (Å²) in [7, 11) is 0. The van der Waals surface area contributed by atoms with E-state index in [-0.39, 0.29) is 5.91 Å². The third-order valence-corrected chi connectivity index (χ3v) is 4.54. The van der Waals surface area contributed by atoms with E-state index in [1.165, 1.54) is 11.3 Å². The molecule has 2 aromatic carbocycles. The highest BCUT2D eigenvalue weighted by molar-refractivity contribution is 7.21. The van der Waals surface area contributed by atoms with Gasteiger partial charge in [0, 0.05) is 16.1 Å². The lowest BCUT2D eigenvalue weighted by molar-refractivity contribution is 0.0954. The van der Waals surface area contributed by atoms with Crippen LogP contribution >= 0.6 is 34.5 Å². The highest BCUT2D eigenvalue weighted by Gasteiger charge is 2.12. The van der Waals surface area contributed by atoms with Crippen LogP contribution in [0.25, 0.3) is 20.8 Å². The number of benzene rings is 2. The molecule has 0 atom stereocenters. The maximum absolute atomic E-state index is 11.5. The zero-order chi connectivity index (χ0) is 15.0. The van der Waals surface area contributed by atoms with Crippen molar-refractivity contribution in [2.45, 2.75) is 0 Å². The lowest BCUT2D eigenvalue weighted by Crippen LogP contribution is -2.29. The molecule has 1 amide bonds. The summed E-state index contributed by atoms with van der Waals surface area (Å²) in [5.41, 5.74) is 4.21. The van der Waals surface area contributed by atoms with Gasteiger partial charge in [0.1, 0.15) is 5.01 Å². The first-order valence-electron chi connectivity index (χ1n) is 5.95. The van der Waals surface area contributed by atoms with Gasteiger partial charge in [-0.15, -0.1) is 11.3 Å². The van der Waals surface area contributed by atoms with Crippen LogP contribution in [-0.2, 0) is 0 Å². The Balaban J connectivity index is 2.10. The molecule has 3 rings (SSSR count). The molecular weight excluding hydrogens is 329 g/mol. The maximum Gasteiger partial charge on any atom is 0.265 e. The quantitative estimate of drug-likeness (QED) is 0.423. The van der Waals surface area contributed by atoms with Gasteiger partial charge in [-0.05, 0) is 36.4 Å². The summed E-state index contributed by atoms with van der Waals surface area (Å²) in [6.45, 7) is 0. The molecule has 0 saturated heterocycles. The second-order valence-electron chi connectivity index (χ2n) is 4.30. The van der Waals surface area contributed by atoms with Crippen molar-refractivity contribution >= 4 is 50.7 Å². The molecule has 0 aliphatic heterocycles. The van der Waals surface area contributed by atoms with Gasteiger partial charge in [0.05, 0.1) is 15.2 Å². The first-order chi connectivity index (χ1) is 10.1. The van der Waals surface area contributed by atoms with Gasteiger partial charge in [-0.25, -0.2) is 10.8 Å². The number of amides is 1.